The Balaban J connectivity index is 2.33. The van der Waals surface area contributed by atoms with E-state index in [0.717, 1.165) is 12.1 Å². The molecule has 0 radical (unpaired) electrons. The summed E-state index contributed by atoms with van der Waals surface area (Å²) in [6.07, 6.45) is 0. The molecule has 0 unspecified atom stereocenters. The van der Waals surface area contributed by atoms with Gasteiger partial charge in [0.1, 0.15) is 10.6 Å². The SMILES string of the molecule is COc1ccc([N+](=O)[O-])cc1S(=O)(=O)NCc1nn[nH]n1. The summed E-state index contributed by atoms with van der Waals surface area (Å²) >= 11 is 0. The van der Waals surface area contributed by atoms with Crippen LogP contribution in [0.25, 0.3) is 0 Å². The highest BCUT2D eigenvalue weighted by atomic mass is 32.2. The molecule has 2 rings (SSSR count). The number of rotatable bonds is 6. The molecule has 0 atom stereocenters. The van der Waals surface area contributed by atoms with E-state index in [0.29, 0.717) is 0 Å². The molecular weight excluding hydrogens is 304 g/mol. The summed E-state index contributed by atoms with van der Waals surface area (Å²) in [5.41, 5.74) is -0.365. The lowest BCUT2D eigenvalue weighted by atomic mass is 10.3. The Morgan fingerprint density at radius 1 is 1.48 bits per heavy atom. The Kier molecular flexibility index (Phi) is 4.09. The maximum Gasteiger partial charge on any atom is 0.271 e. The number of nitro groups is 1. The Labute approximate surface area is 118 Å². The van der Waals surface area contributed by atoms with Gasteiger partial charge in [0.15, 0.2) is 5.82 Å². The van der Waals surface area contributed by atoms with Gasteiger partial charge in [-0.15, -0.1) is 10.2 Å². The largest absolute Gasteiger partial charge is 0.495 e. The van der Waals surface area contributed by atoms with Crippen molar-refractivity contribution in [1.82, 2.24) is 25.3 Å². The molecule has 0 amide bonds. The van der Waals surface area contributed by atoms with Crippen LogP contribution in [0.3, 0.4) is 0 Å². The zero-order chi connectivity index (χ0) is 15.5. The first-order chi connectivity index (χ1) is 9.94. The minimum atomic E-state index is -4.04. The number of aromatic nitrogens is 4. The standard InChI is InChI=1S/C9H10N6O5S/c1-20-7-3-2-6(15(16)17)4-8(7)21(18,19)10-5-9-11-13-14-12-9/h2-4,10H,5H2,1H3,(H,11,12,13,14). The number of non-ortho nitro benzene ring substituents is 1. The molecule has 0 aliphatic carbocycles. The summed E-state index contributed by atoms with van der Waals surface area (Å²) in [7, 11) is -2.77. The lowest BCUT2D eigenvalue weighted by molar-refractivity contribution is -0.385. The van der Waals surface area contributed by atoms with Gasteiger partial charge in [0, 0.05) is 12.1 Å². The number of ether oxygens (including phenoxy) is 1. The predicted octanol–water partition coefficient (Wildman–Crippen LogP) is -0.405. The number of nitrogens with one attached hydrogen (secondary N) is 2. The van der Waals surface area contributed by atoms with Gasteiger partial charge in [-0.25, -0.2) is 13.1 Å². The van der Waals surface area contributed by atoms with E-state index in [4.69, 9.17) is 4.74 Å². The van der Waals surface area contributed by atoms with Crippen LogP contribution in [0, 0.1) is 10.1 Å². The highest BCUT2D eigenvalue weighted by Crippen LogP contribution is 2.27. The van der Waals surface area contributed by atoms with Crippen molar-refractivity contribution in [1.29, 1.82) is 0 Å². The topological polar surface area (TPSA) is 153 Å². The molecule has 112 valence electrons. The molecule has 21 heavy (non-hydrogen) atoms. The van der Waals surface area contributed by atoms with Crippen molar-refractivity contribution in [2.75, 3.05) is 7.11 Å². The second-order valence-electron chi connectivity index (χ2n) is 3.74. The average Bonchev–Trinajstić information content (AvgIpc) is 2.98. The summed E-state index contributed by atoms with van der Waals surface area (Å²) in [5.74, 6) is 0.115. The normalized spacial score (nSPS) is 11.3. The Bertz CT molecular complexity index is 744. The maximum absolute atomic E-state index is 12.2. The van der Waals surface area contributed by atoms with Crippen LogP contribution in [0.1, 0.15) is 5.82 Å². The summed E-state index contributed by atoms with van der Waals surface area (Å²) < 4.78 is 31.5. The predicted molar refractivity (Wildman–Crippen MR) is 67.9 cm³/mol. The van der Waals surface area contributed by atoms with Crippen LogP contribution in [0.2, 0.25) is 0 Å². The molecule has 0 saturated heterocycles. The van der Waals surface area contributed by atoms with E-state index in [1.807, 2.05) is 0 Å². The molecule has 1 aromatic carbocycles. The third-order valence-electron chi connectivity index (χ3n) is 2.46. The molecule has 12 heteroatoms. The highest BCUT2D eigenvalue weighted by molar-refractivity contribution is 7.89. The number of aromatic amines is 1. The van der Waals surface area contributed by atoms with Crippen LogP contribution in [0.5, 0.6) is 5.75 Å². The van der Waals surface area contributed by atoms with Crippen LogP contribution in [-0.2, 0) is 16.6 Å². The summed E-state index contributed by atoms with van der Waals surface area (Å²) in [6.45, 7) is -0.218. The number of hydrogen-bond donors (Lipinski definition) is 2. The van der Waals surface area contributed by atoms with Gasteiger partial charge in [0.2, 0.25) is 10.0 Å². The van der Waals surface area contributed by atoms with Crippen molar-refractivity contribution in [2.24, 2.45) is 0 Å². The molecule has 1 aromatic heterocycles. The molecule has 2 aromatic rings. The average molecular weight is 314 g/mol. The number of methoxy groups -OCH3 is 1. The molecule has 0 bridgehead atoms. The van der Waals surface area contributed by atoms with Gasteiger partial charge >= 0.3 is 0 Å². The van der Waals surface area contributed by atoms with Crippen LogP contribution in [0.15, 0.2) is 23.1 Å². The second-order valence-corrected chi connectivity index (χ2v) is 5.48. The van der Waals surface area contributed by atoms with Crippen LogP contribution >= 0.6 is 0 Å². The van der Waals surface area contributed by atoms with E-state index in [2.05, 4.69) is 25.3 Å². The van der Waals surface area contributed by atoms with Gasteiger partial charge in [-0.3, -0.25) is 10.1 Å². The molecule has 2 N–H and O–H groups in total. The number of nitro benzene ring substituents is 1. The van der Waals surface area contributed by atoms with Crippen molar-refractivity contribution >= 4 is 15.7 Å². The van der Waals surface area contributed by atoms with E-state index in [1.165, 1.54) is 13.2 Å². The van der Waals surface area contributed by atoms with Crippen molar-refractivity contribution in [3.05, 3.63) is 34.1 Å². The monoisotopic (exact) mass is 314 g/mol. The van der Waals surface area contributed by atoms with Gasteiger partial charge < -0.3 is 4.74 Å². The van der Waals surface area contributed by atoms with Crippen LogP contribution in [-0.4, -0.2) is 41.1 Å². The fourth-order valence-corrected chi connectivity index (χ4v) is 2.65. The van der Waals surface area contributed by atoms with Crippen LogP contribution in [0.4, 0.5) is 5.69 Å². The van der Waals surface area contributed by atoms with E-state index in [9.17, 15) is 18.5 Å². The molecular formula is C9H10N6O5S. The van der Waals surface area contributed by atoms with Gasteiger partial charge in [0.25, 0.3) is 5.69 Å². The minimum Gasteiger partial charge on any atom is -0.495 e. The zero-order valence-electron chi connectivity index (χ0n) is 10.7. The Hall–Kier alpha value is -2.60. The molecule has 0 aliphatic heterocycles. The van der Waals surface area contributed by atoms with Gasteiger partial charge in [-0.2, -0.15) is 5.21 Å². The Morgan fingerprint density at radius 2 is 2.24 bits per heavy atom. The quantitative estimate of drug-likeness (QED) is 0.539. The zero-order valence-corrected chi connectivity index (χ0v) is 11.5. The van der Waals surface area contributed by atoms with Gasteiger partial charge in [-0.1, -0.05) is 5.21 Å². The first kappa shape index (κ1) is 14.8. The number of H-pyrrole nitrogens is 1. The molecule has 0 aliphatic rings. The molecule has 1 heterocycles. The van der Waals surface area contributed by atoms with Crippen molar-refractivity contribution in [3.63, 3.8) is 0 Å². The number of nitrogens with zero attached hydrogens (tertiary/aromatic N) is 4. The Morgan fingerprint density at radius 3 is 2.81 bits per heavy atom. The second kappa shape index (κ2) is 5.80. The summed E-state index contributed by atoms with van der Waals surface area (Å²) in [6, 6.07) is 3.27. The smallest absolute Gasteiger partial charge is 0.271 e. The van der Waals surface area contributed by atoms with Crippen molar-refractivity contribution in [3.8, 4) is 5.75 Å². The molecule has 0 saturated carbocycles. The van der Waals surface area contributed by atoms with E-state index in [-0.39, 0.29) is 28.7 Å². The number of sulfonamides is 1. The van der Waals surface area contributed by atoms with Crippen LogP contribution < -0.4 is 9.46 Å². The molecule has 0 fully saturated rings. The highest BCUT2D eigenvalue weighted by Gasteiger charge is 2.23. The number of hydrogen-bond acceptors (Lipinski definition) is 8. The third kappa shape index (κ3) is 3.29. The third-order valence-corrected chi connectivity index (χ3v) is 3.88. The first-order valence-corrected chi connectivity index (χ1v) is 6.97. The number of tetrazole rings is 1. The van der Waals surface area contributed by atoms with Crippen molar-refractivity contribution < 1.29 is 18.1 Å². The lowest BCUT2D eigenvalue weighted by Crippen LogP contribution is -2.24. The summed E-state index contributed by atoms with van der Waals surface area (Å²) in [4.78, 5) is 9.70. The number of benzene rings is 1. The van der Waals surface area contributed by atoms with E-state index < -0.39 is 14.9 Å². The molecule has 11 nitrogen and oxygen atoms in total. The lowest BCUT2D eigenvalue weighted by Gasteiger charge is -2.09. The minimum absolute atomic E-state index is 0.0128. The summed E-state index contributed by atoms with van der Waals surface area (Å²) in [5, 5.41) is 23.4. The van der Waals surface area contributed by atoms with Crippen molar-refractivity contribution in [2.45, 2.75) is 11.4 Å². The fourth-order valence-electron chi connectivity index (χ4n) is 1.48. The van der Waals surface area contributed by atoms with Gasteiger partial charge in [0.05, 0.1) is 18.6 Å². The molecule has 0 spiro atoms. The fraction of sp³-hybridized carbons (Fsp3) is 0.222. The van der Waals surface area contributed by atoms with Gasteiger partial charge in [-0.05, 0) is 6.07 Å². The van der Waals surface area contributed by atoms with E-state index in [1.54, 1.807) is 0 Å². The maximum atomic E-state index is 12.2. The first-order valence-electron chi connectivity index (χ1n) is 5.48. The van der Waals surface area contributed by atoms with E-state index >= 15 is 0 Å².